The third-order valence-corrected chi connectivity index (χ3v) is 4.06. The Morgan fingerprint density at radius 2 is 1.04 bits per heavy atom. The highest BCUT2D eigenvalue weighted by Gasteiger charge is 2.12. The fourth-order valence-corrected chi connectivity index (χ4v) is 2.89. The Labute approximate surface area is 139 Å². The van der Waals surface area contributed by atoms with Crippen molar-refractivity contribution in [3.8, 4) is 22.9 Å². The molecule has 0 amide bonds. The van der Waals surface area contributed by atoms with E-state index in [-0.39, 0.29) is 0 Å². The first-order chi connectivity index (χ1) is 11.8. The highest BCUT2D eigenvalue weighted by Crippen LogP contribution is 2.33. The number of pyridine rings is 2. The minimum atomic E-state index is 0.759. The predicted octanol–water partition coefficient (Wildman–Crippen LogP) is 4.47. The molecule has 2 aromatic carbocycles. The standard InChI is InChI=1S/C20H16N2O2/c1-23-19-11-17(21-15-9-5-3-7-13(15)19)18-12-20(24-2)14-8-4-6-10-16(14)22-18/h3-12H,1-2H3. The molecular weight excluding hydrogens is 300 g/mol. The van der Waals surface area contributed by atoms with Gasteiger partial charge in [0, 0.05) is 22.9 Å². The van der Waals surface area contributed by atoms with E-state index in [4.69, 9.17) is 19.4 Å². The van der Waals surface area contributed by atoms with Crippen molar-refractivity contribution in [2.75, 3.05) is 14.2 Å². The summed E-state index contributed by atoms with van der Waals surface area (Å²) in [5.41, 5.74) is 3.27. The van der Waals surface area contributed by atoms with Crippen LogP contribution >= 0.6 is 0 Å². The van der Waals surface area contributed by atoms with Crippen LogP contribution in [0.3, 0.4) is 0 Å². The Morgan fingerprint density at radius 1 is 0.625 bits per heavy atom. The Kier molecular flexibility index (Phi) is 3.50. The molecule has 4 nitrogen and oxygen atoms in total. The van der Waals surface area contributed by atoms with Gasteiger partial charge in [-0.25, -0.2) is 9.97 Å². The van der Waals surface area contributed by atoms with Crippen molar-refractivity contribution < 1.29 is 9.47 Å². The zero-order valence-corrected chi connectivity index (χ0v) is 13.5. The van der Waals surface area contributed by atoms with Crippen molar-refractivity contribution in [2.45, 2.75) is 0 Å². The number of hydrogen-bond donors (Lipinski definition) is 0. The molecule has 4 aromatic rings. The van der Waals surface area contributed by atoms with Crippen LogP contribution in [0.4, 0.5) is 0 Å². The second-order valence-corrected chi connectivity index (χ2v) is 5.45. The van der Waals surface area contributed by atoms with E-state index < -0.39 is 0 Å². The van der Waals surface area contributed by atoms with Crippen molar-refractivity contribution in [2.24, 2.45) is 0 Å². The number of para-hydroxylation sites is 2. The zero-order chi connectivity index (χ0) is 16.5. The molecule has 0 saturated carbocycles. The van der Waals surface area contributed by atoms with E-state index >= 15 is 0 Å². The number of ether oxygens (including phenoxy) is 2. The highest BCUT2D eigenvalue weighted by atomic mass is 16.5. The van der Waals surface area contributed by atoms with Gasteiger partial charge >= 0.3 is 0 Å². The zero-order valence-electron chi connectivity index (χ0n) is 13.5. The van der Waals surface area contributed by atoms with Crippen molar-refractivity contribution in [1.29, 1.82) is 0 Å². The average molecular weight is 316 g/mol. The van der Waals surface area contributed by atoms with Crippen molar-refractivity contribution in [3.05, 3.63) is 60.7 Å². The van der Waals surface area contributed by atoms with E-state index in [9.17, 15) is 0 Å². The van der Waals surface area contributed by atoms with Gasteiger partial charge in [-0.1, -0.05) is 24.3 Å². The quantitative estimate of drug-likeness (QED) is 0.559. The number of methoxy groups -OCH3 is 2. The predicted molar refractivity (Wildman–Crippen MR) is 95.6 cm³/mol. The topological polar surface area (TPSA) is 44.2 Å². The van der Waals surface area contributed by atoms with Crippen molar-refractivity contribution in [1.82, 2.24) is 9.97 Å². The van der Waals surface area contributed by atoms with Gasteiger partial charge in [0.05, 0.1) is 36.6 Å². The summed E-state index contributed by atoms with van der Waals surface area (Å²) < 4.78 is 11.1. The van der Waals surface area contributed by atoms with E-state index in [1.165, 1.54) is 0 Å². The Balaban J connectivity index is 1.99. The summed E-state index contributed by atoms with van der Waals surface area (Å²) in [5.74, 6) is 1.56. The molecule has 0 aliphatic carbocycles. The summed E-state index contributed by atoms with van der Waals surface area (Å²) in [5, 5.41) is 1.97. The van der Waals surface area contributed by atoms with Gasteiger partial charge in [0.15, 0.2) is 0 Å². The molecule has 0 saturated heterocycles. The van der Waals surface area contributed by atoms with E-state index in [1.807, 2.05) is 60.7 Å². The van der Waals surface area contributed by atoms with Crippen LogP contribution in [0.15, 0.2) is 60.7 Å². The molecule has 118 valence electrons. The highest BCUT2D eigenvalue weighted by molar-refractivity contribution is 5.90. The monoisotopic (exact) mass is 316 g/mol. The van der Waals surface area contributed by atoms with Crippen LogP contribution in [0.25, 0.3) is 33.2 Å². The second kappa shape index (κ2) is 5.81. The minimum absolute atomic E-state index is 0.759. The number of fused-ring (bicyclic) bond motifs is 2. The fraction of sp³-hybridized carbons (Fsp3) is 0.100. The lowest BCUT2D eigenvalue weighted by atomic mass is 10.1. The van der Waals surface area contributed by atoms with Gasteiger partial charge in [-0.3, -0.25) is 0 Å². The van der Waals surface area contributed by atoms with Gasteiger partial charge < -0.3 is 9.47 Å². The molecule has 0 spiro atoms. The number of nitrogens with zero attached hydrogens (tertiary/aromatic N) is 2. The molecule has 0 atom stereocenters. The molecule has 0 bridgehead atoms. The summed E-state index contributed by atoms with van der Waals surface area (Å²) in [7, 11) is 3.33. The Morgan fingerprint density at radius 3 is 1.46 bits per heavy atom. The largest absolute Gasteiger partial charge is 0.496 e. The lowest BCUT2D eigenvalue weighted by molar-refractivity contribution is 0.419. The second-order valence-electron chi connectivity index (χ2n) is 5.45. The summed E-state index contributed by atoms with van der Waals surface area (Å²) in [6, 6.07) is 19.7. The van der Waals surface area contributed by atoms with Crippen molar-refractivity contribution in [3.63, 3.8) is 0 Å². The number of hydrogen-bond acceptors (Lipinski definition) is 4. The van der Waals surface area contributed by atoms with E-state index in [0.29, 0.717) is 0 Å². The Hall–Kier alpha value is -3.14. The normalized spacial score (nSPS) is 10.9. The third kappa shape index (κ3) is 2.33. The first-order valence-electron chi connectivity index (χ1n) is 7.68. The third-order valence-electron chi connectivity index (χ3n) is 4.06. The van der Waals surface area contributed by atoms with Crippen LogP contribution in [0.2, 0.25) is 0 Å². The Bertz CT molecular complexity index is 959. The van der Waals surface area contributed by atoms with Crippen LogP contribution in [-0.2, 0) is 0 Å². The lowest BCUT2D eigenvalue weighted by Gasteiger charge is -2.11. The number of aromatic nitrogens is 2. The molecule has 0 N–H and O–H groups in total. The van der Waals surface area contributed by atoms with Gasteiger partial charge in [-0.2, -0.15) is 0 Å². The van der Waals surface area contributed by atoms with Crippen molar-refractivity contribution >= 4 is 21.8 Å². The molecule has 0 unspecified atom stereocenters. The van der Waals surface area contributed by atoms with Crippen LogP contribution in [-0.4, -0.2) is 24.2 Å². The van der Waals surface area contributed by atoms with Gasteiger partial charge in [0.2, 0.25) is 0 Å². The molecule has 2 aromatic heterocycles. The summed E-state index contributed by atoms with van der Waals surface area (Å²) in [6.45, 7) is 0. The molecule has 0 radical (unpaired) electrons. The van der Waals surface area contributed by atoms with Crippen LogP contribution < -0.4 is 9.47 Å². The van der Waals surface area contributed by atoms with Gasteiger partial charge in [0.25, 0.3) is 0 Å². The lowest BCUT2D eigenvalue weighted by Crippen LogP contribution is -1.95. The van der Waals surface area contributed by atoms with Gasteiger partial charge in [-0.15, -0.1) is 0 Å². The SMILES string of the molecule is COc1cc(-c2cc(OC)c3ccccc3n2)nc2ccccc12. The average Bonchev–Trinajstić information content (AvgIpc) is 2.66. The minimum Gasteiger partial charge on any atom is -0.496 e. The first-order valence-corrected chi connectivity index (χ1v) is 7.68. The maximum absolute atomic E-state index is 5.53. The van der Waals surface area contributed by atoms with Crippen LogP contribution in [0.1, 0.15) is 0 Å². The van der Waals surface area contributed by atoms with Crippen LogP contribution in [0.5, 0.6) is 11.5 Å². The fourth-order valence-electron chi connectivity index (χ4n) is 2.89. The summed E-state index contributed by atoms with van der Waals surface area (Å²) >= 11 is 0. The number of benzene rings is 2. The van der Waals surface area contributed by atoms with Gasteiger partial charge in [0.1, 0.15) is 11.5 Å². The molecular formula is C20H16N2O2. The molecule has 0 aliphatic heterocycles. The maximum Gasteiger partial charge on any atom is 0.130 e. The smallest absolute Gasteiger partial charge is 0.130 e. The van der Waals surface area contributed by atoms with E-state index in [1.54, 1.807) is 14.2 Å². The molecule has 2 heterocycles. The summed E-state index contributed by atoms with van der Waals surface area (Å²) in [6.07, 6.45) is 0. The van der Waals surface area contributed by atoms with E-state index in [0.717, 1.165) is 44.7 Å². The molecule has 24 heavy (non-hydrogen) atoms. The number of rotatable bonds is 3. The molecule has 0 aliphatic rings. The summed E-state index contributed by atoms with van der Waals surface area (Å²) in [4.78, 5) is 9.48. The maximum atomic E-state index is 5.53. The van der Waals surface area contributed by atoms with Gasteiger partial charge in [-0.05, 0) is 24.3 Å². The molecule has 0 fully saturated rings. The van der Waals surface area contributed by atoms with Crippen LogP contribution in [0, 0.1) is 0 Å². The molecule has 4 rings (SSSR count). The van der Waals surface area contributed by atoms with E-state index in [2.05, 4.69) is 0 Å². The first kappa shape index (κ1) is 14.5. The molecule has 4 heteroatoms.